The maximum Gasteiger partial charge on any atom is 0.231 e. The van der Waals surface area contributed by atoms with Crippen LogP contribution in [0.1, 0.15) is 44.6 Å². The predicted octanol–water partition coefficient (Wildman–Crippen LogP) is 3.20. The Kier molecular flexibility index (Phi) is 4.43. The zero-order valence-electron chi connectivity index (χ0n) is 12.1. The lowest BCUT2D eigenvalue weighted by molar-refractivity contribution is -0.0382. The van der Waals surface area contributed by atoms with Gasteiger partial charge >= 0.3 is 0 Å². The minimum Gasteiger partial charge on any atom is -0.454 e. The number of rotatable bonds is 6. The van der Waals surface area contributed by atoms with E-state index in [0.29, 0.717) is 18.9 Å². The van der Waals surface area contributed by atoms with E-state index >= 15 is 0 Å². The highest BCUT2D eigenvalue weighted by molar-refractivity contribution is 5.44. The molecule has 1 N–H and O–H groups in total. The van der Waals surface area contributed by atoms with Crippen LogP contribution in [-0.4, -0.2) is 18.9 Å². The maximum atomic E-state index is 5.73. The van der Waals surface area contributed by atoms with Gasteiger partial charge in [0.15, 0.2) is 11.5 Å². The number of aryl methyl sites for hydroxylation is 1. The number of hydrogen-bond acceptors (Lipinski definition) is 4. The van der Waals surface area contributed by atoms with Gasteiger partial charge in [-0.25, -0.2) is 0 Å². The van der Waals surface area contributed by atoms with E-state index in [1.54, 1.807) is 0 Å². The second-order valence-electron chi connectivity index (χ2n) is 5.77. The monoisotopic (exact) mass is 277 g/mol. The van der Waals surface area contributed by atoms with E-state index in [9.17, 15) is 0 Å². The summed E-state index contributed by atoms with van der Waals surface area (Å²) in [6.45, 7) is 2.51. The Hall–Kier alpha value is -1.26. The zero-order chi connectivity index (χ0) is 13.8. The molecule has 1 atom stereocenters. The number of benzene rings is 1. The number of fused-ring (bicyclic) bond motifs is 1. The summed E-state index contributed by atoms with van der Waals surface area (Å²) < 4.78 is 10.7. The molecule has 0 saturated heterocycles. The predicted molar refractivity (Wildman–Crippen MR) is 76.8 cm³/mol. The van der Waals surface area contributed by atoms with Crippen molar-refractivity contribution in [3.05, 3.63) is 23.8 Å². The Morgan fingerprint density at radius 2 is 2.05 bits per heavy atom. The third kappa shape index (κ3) is 3.44. The van der Waals surface area contributed by atoms with Gasteiger partial charge in [-0.3, -0.25) is 4.84 Å². The van der Waals surface area contributed by atoms with Crippen LogP contribution in [0.15, 0.2) is 18.2 Å². The van der Waals surface area contributed by atoms with Gasteiger partial charge < -0.3 is 9.47 Å². The summed E-state index contributed by atoms with van der Waals surface area (Å²) in [5, 5.41) is 0. The van der Waals surface area contributed by atoms with Crippen LogP contribution in [-0.2, 0) is 11.3 Å². The quantitative estimate of drug-likeness (QED) is 0.811. The van der Waals surface area contributed by atoms with Gasteiger partial charge in [-0.1, -0.05) is 18.9 Å². The van der Waals surface area contributed by atoms with Gasteiger partial charge in [0.2, 0.25) is 6.79 Å². The van der Waals surface area contributed by atoms with Crippen LogP contribution in [0.25, 0.3) is 0 Å². The molecule has 2 aliphatic rings. The van der Waals surface area contributed by atoms with E-state index in [0.717, 1.165) is 24.3 Å². The fraction of sp³-hybridized carbons (Fsp3) is 0.625. The van der Waals surface area contributed by atoms with E-state index in [1.807, 2.05) is 6.07 Å². The number of hydrogen-bond donors (Lipinski definition) is 1. The molecular formula is C16H23NO3. The van der Waals surface area contributed by atoms with Gasteiger partial charge in [-0.2, -0.15) is 5.48 Å². The summed E-state index contributed by atoms with van der Waals surface area (Å²) in [5.74, 6) is 1.72. The molecule has 1 saturated carbocycles. The fourth-order valence-corrected chi connectivity index (χ4v) is 2.76. The van der Waals surface area contributed by atoms with Crippen molar-refractivity contribution in [3.63, 3.8) is 0 Å². The molecule has 0 amide bonds. The first kappa shape index (κ1) is 13.7. The minimum absolute atomic E-state index is 0.339. The molecule has 110 valence electrons. The van der Waals surface area contributed by atoms with Crippen LogP contribution in [0.2, 0.25) is 0 Å². The summed E-state index contributed by atoms with van der Waals surface area (Å²) in [6.07, 6.45) is 7.48. The highest BCUT2D eigenvalue weighted by Gasteiger charge is 2.17. The molecular weight excluding hydrogens is 254 g/mol. The van der Waals surface area contributed by atoms with Crippen molar-refractivity contribution < 1.29 is 14.3 Å². The molecule has 0 radical (unpaired) electrons. The van der Waals surface area contributed by atoms with Gasteiger partial charge in [0, 0.05) is 6.04 Å². The highest BCUT2D eigenvalue weighted by atomic mass is 16.7. The van der Waals surface area contributed by atoms with Crippen molar-refractivity contribution in [3.8, 4) is 11.5 Å². The Labute approximate surface area is 120 Å². The summed E-state index contributed by atoms with van der Waals surface area (Å²) in [6, 6.07) is 6.54. The molecule has 4 nitrogen and oxygen atoms in total. The second kappa shape index (κ2) is 6.46. The smallest absolute Gasteiger partial charge is 0.231 e. The summed E-state index contributed by atoms with van der Waals surface area (Å²) >= 11 is 0. The first-order valence-electron chi connectivity index (χ1n) is 7.61. The lowest BCUT2D eigenvalue weighted by Gasteiger charge is -2.17. The van der Waals surface area contributed by atoms with Gasteiger partial charge in [0.1, 0.15) is 0 Å². The SMILES string of the molecule is CC(CCc1ccc2c(c1)OCO2)NOC1CCCC1. The first-order chi connectivity index (χ1) is 9.81. The van der Waals surface area contributed by atoms with Crippen molar-refractivity contribution in [2.75, 3.05) is 6.79 Å². The van der Waals surface area contributed by atoms with Crippen LogP contribution in [0.3, 0.4) is 0 Å². The van der Waals surface area contributed by atoms with E-state index in [-0.39, 0.29) is 0 Å². The third-order valence-electron chi connectivity index (χ3n) is 4.04. The Balaban J connectivity index is 1.41. The third-order valence-corrected chi connectivity index (χ3v) is 4.04. The molecule has 1 aliphatic heterocycles. The standard InChI is InChI=1S/C16H23NO3/c1-12(17-20-14-4-2-3-5-14)6-7-13-8-9-15-16(10-13)19-11-18-15/h8-10,12,14,17H,2-7,11H2,1H3. The number of nitrogens with one attached hydrogen (secondary N) is 1. The van der Waals surface area contributed by atoms with E-state index in [1.165, 1.54) is 31.2 Å². The minimum atomic E-state index is 0.339. The normalized spacial score (nSPS) is 19.4. The Bertz CT molecular complexity index is 443. The van der Waals surface area contributed by atoms with Crippen molar-refractivity contribution in [1.82, 2.24) is 5.48 Å². The van der Waals surface area contributed by atoms with Crippen molar-refractivity contribution in [2.24, 2.45) is 0 Å². The molecule has 1 unspecified atom stereocenters. The van der Waals surface area contributed by atoms with Crippen molar-refractivity contribution in [2.45, 2.75) is 57.6 Å². The average Bonchev–Trinajstić information content (AvgIpc) is 3.13. The number of hydroxylamine groups is 1. The van der Waals surface area contributed by atoms with Gasteiger partial charge in [0.25, 0.3) is 0 Å². The molecule has 1 fully saturated rings. The van der Waals surface area contributed by atoms with E-state index in [4.69, 9.17) is 14.3 Å². The maximum absolute atomic E-state index is 5.73. The molecule has 0 aromatic heterocycles. The van der Waals surface area contributed by atoms with Gasteiger partial charge in [0.05, 0.1) is 6.10 Å². The second-order valence-corrected chi connectivity index (χ2v) is 5.77. The molecule has 3 rings (SSSR count). The molecule has 1 aromatic rings. The van der Waals surface area contributed by atoms with Crippen LogP contribution in [0, 0.1) is 0 Å². The van der Waals surface area contributed by atoms with Gasteiger partial charge in [-0.05, 0) is 50.3 Å². The topological polar surface area (TPSA) is 39.7 Å². The van der Waals surface area contributed by atoms with Crippen LogP contribution in [0.5, 0.6) is 11.5 Å². The molecule has 0 spiro atoms. The van der Waals surface area contributed by atoms with Gasteiger partial charge in [-0.15, -0.1) is 0 Å². The summed E-state index contributed by atoms with van der Waals surface area (Å²) in [4.78, 5) is 5.73. The summed E-state index contributed by atoms with van der Waals surface area (Å²) in [5.41, 5.74) is 4.47. The Morgan fingerprint density at radius 3 is 2.90 bits per heavy atom. The van der Waals surface area contributed by atoms with Crippen LogP contribution in [0.4, 0.5) is 0 Å². The van der Waals surface area contributed by atoms with E-state index < -0.39 is 0 Å². The average molecular weight is 277 g/mol. The highest BCUT2D eigenvalue weighted by Crippen LogP contribution is 2.32. The zero-order valence-corrected chi connectivity index (χ0v) is 12.1. The first-order valence-corrected chi connectivity index (χ1v) is 7.61. The largest absolute Gasteiger partial charge is 0.454 e. The van der Waals surface area contributed by atoms with Crippen LogP contribution < -0.4 is 15.0 Å². The molecule has 1 heterocycles. The van der Waals surface area contributed by atoms with Crippen molar-refractivity contribution >= 4 is 0 Å². The molecule has 1 aliphatic carbocycles. The summed E-state index contributed by atoms with van der Waals surface area (Å²) in [7, 11) is 0. The Morgan fingerprint density at radius 1 is 1.25 bits per heavy atom. The molecule has 0 bridgehead atoms. The lowest BCUT2D eigenvalue weighted by Crippen LogP contribution is -2.30. The molecule has 1 aromatic carbocycles. The molecule has 20 heavy (non-hydrogen) atoms. The fourth-order valence-electron chi connectivity index (χ4n) is 2.76. The van der Waals surface area contributed by atoms with E-state index in [2.05, 4.69) is 24.5 Å². The van der Waals surface area contributed by atoms with Crippen LogP contribution >= 0.6 is 0 Å². The lowest BCUT2D eigenvalue weighted by atomic mass is 10.1. The number of ether oxygens (including phenoxy) is 2. The van der Waals surface area contributed by atoms with Crippen molar-refractivity contribution in [1.29, 1.82) is 0 Å². The molecule has 4 heteroatoms.